The van der Waals surface area contributed by atoms with E-state index in [-0.39, 0.29) is 5.91 Å². The summed E-state index contributed by atoms with van der Waals surface area (Å²) >= 11 is 0. The maximum absolute atomic E-state index is 11.8. The summed E-state index contributed by atoms with van der Waals surface area (Å²) in [4.78, 5) is 15.9. The standard InChI is InChI=1S/C17H16N2O/c1-13(2)15-10-16(12-18-11-15)19-17(20)9-8-14-6-4-3-5-7-14/h3-7,10-13H,1-2H3,(H,19,20). The van der Waals surface area contributed by atoms with E-state index in [1.165, 1.54) is 0 Å². The molecule has 1 aromatic heterocycles. The molecule has 0 fully saturated rings. The average molecular weight is 264 g/mol. The fourth-order valence-electron chi connectivity index (χ4n) is 1.65. The van der Waals surface area contributed by atoms with Gasteiger partial charge in [0, 0.05) is 17.7 Å². The molecule has 1 heterocycles. The van der Waals surface area contributed by atoms with Crippen LogP contribution < -0.4 is 5.32 Å². The number of carbonyl (C=O) groups excluding carboxylic acids is 1. The average Bonchev–Trinajstić information content (AvgIpc) is 2.46. The van der Waals surface area contributed by atoms with Gasteiger partial charge in [0.05, 0.1) is 11.9 Å². The highest BCUT2D eigenvalue weighted by Gasteiger charge is 2.03. The molecule has 1 N–H and O–H groups in total. The Morgan fingerprint density at radius 2 is 1.95 bits per heavy atom. The molecule has 1 aromatic carbocycles. The first-order valence-corrected chi connectivity index (χ1v) is 6.48. The van der Waals surface area contributed by atoms with Gasteiger partial charge in [0.15, 0.2) is 0 Å². The van der Waals surface area contributed by atoms with Gasteiger partial charge in [-0.05, 0) is 29.7 Å². The highest BCUT2D eigenvalue weighted by molar-refractivity contribution is 6.04. The summed E-state index contributed by atoms with van der Waals surface area (Å²) in [5.41, 5.74) is 2.57. The van der Waals surface area contributed by atoms with Crippen molar-refractivity contribution in [1.29, 1.82) is 0 Å². The minimum atomic E-state index is -0.337. The van der Waals surface area contributed by atoms with Crippen molar-refractivity contribution >= 4 is 11.6 Å². The number of nitrogens with zero attached hydrogens (tertiary/aromatic N) is 1. The molecule has 0 spiro atoms. The van der Waals surface area contributed by atoms with Crippen LogP contribution in [0.25, 0.3) is 0 Å². The van der Waals surface area contributed by atoms with E-state index in [1.807, 2.05) is 36.4 Å². The number of aromatic nitrogens is 1. The van der Waals surface area contributed by atoms with E-state index in [4.69, 9.17) is 0 Å². The third kappa shape index (κ3) is 3.96. The van der Waals surface area contributed by atoms with Crippen molar-refractivity contribution in [3.63, 3.8) is 0 Å². The Balaban J connectivity index is 2.05. The lowest BCUT2D eigenvalue weighted by molar-refractivity contribution is -0.111. The molecule has 0 bridgehead atoms. The number of hydrogen-bond donors (Lipinski definition) is 1. The van der Waals surface area contributed by atoms with Crippen LogP contribution >= 0.6 is 0 Å². The molecule has 0 saturated heterocycles. The van der Waals surface area contributed by atoms with Crippen LogP contribution in [0.2, 0.25) is 0 Å². The van der Waals surface area contributed by atoms with Crippen LogP contribution in [0.15, 0.2) is 48.8 Å². The smallest absolute Gasteiger partial charge is 0.300 e. The Bertz CT molecular complexity index is 651. The zero-order valence-corrected chi connectivity index (χ0v) is 11.6. The summed E-state index contributed by atoms with van der Waals surface area (Å²) in [6.45, 7) is 4.16. The third-order valence-electron chi connectivity index (χ3n) is 2.78. The molecule has 3 heteroatoms. The number of nitrogens with one attached hydrogen (secondary N) is 1. The van der Waals surface area contributed by atoms with Crippen LogP contribution in [0.3, 0.4) is 0 Å². The molecule has 0 atom stereocenters. The fraction of sp³-hybridized carbons (Fsp3) is 0.176. The molecule has 20 heavy (non-hydrogen) atoms. The molecule has 100 valence electrons. The number of benzene rings is 1. The molecule has 0 aliphatic rings. The van der Waals surface area contributed by atoms with Crippen molar-refractivity contribution in [2.45, 2.75) is 19.8 Å². The van der Waals surface area contributed by atoms with E-state index < -0.39 is 0 Å². The van der Waals surface area contributed by atoms with Gasteiger partial charge >= 0.3 is 5.91 Å². The van der Waals surface area contributed by atoms with Crippen molar-refractivity contribution in [3.05, 3.63) is 59.9 Å². The van der Waals surface area contributed by atoms with E-state index in [0.29, 0.717) is 11.6 Å². The van der Waals surface area contributed by atoms with Crippen molar-refractivity contribution in [1.82, 2.24) is 4.98 Å². The molecule has 1 amide bonds. The van der Waals surface area contributed by atoms with E-state index in [2.05, 4.69) is 36.0 Å². The SMILES string of the molecule is CC(C)c1cncc(NC(=O)C#Cc2ccccc2)c1. The second-order valence-corrected chi connectivity index (χ2v) is 4.73. The number of carbonyl (C=O) groups is 1. The molecule has 2 rings (SSSR count). The zero-order chi connectivity index (χ0) is 14.4. The summed E-state index contributed by atoms with van der Waals surface area (Å²) in [5, 5.41) is 2.73. The lowest BCUT2D eigenvalue weighted by Crippen LogP contribution is -2.09. The first-order chi connectivity index (χ1) is 9.65. The number of pyridine rings is 1. The molecule has 0 aliphatic heterocycles. The Morgan fingerprint density at radius 1 is 1.20 bits per heavy atom. The number of amides is 1. The van der Waals surface area contributed by atoms with Gasteiger partial charge in [-0.1, -0.05) is 38.0 Å². The molecule has 2 aromatic rings. The minimum absolute atomic E-state index is 0.337. The first-order valence-electron chi connectivity index (χ1n) is 6.48. The predicted octanol–water partition coefficient (Wildman–Crippen LogP) is 3.20. The summed E-state index contributed by atoms with van der Waals surface area (Å²) in [7, 11) is 0. The maximum Gasteiger partial charge on any atom is 0.300 e. The van der Waals surface area contributed by atoms with E-state index in [1.54, 1.807) is 12.4 Å². The Morgan fingerprint density at radius 3 is 2.65 bits per heavy atom. The summed E-state index contributed by atoms with van der Waals surface area (Å²) in [6, 6.07) is 11.3. The van der Waals surface area contributed by atoms with E-state index in [0.717, 1.165) is 11.1 Å². The molecular weight excluding hydrogens is 248 g/mol. The van der Waals surface area contributed by atoms with Crippen molar-refractivity contribution in [2.75, 3.05) is 5.32 Å². The molecule has 0 aliphatic carbocycles. The third-order valence-corrected chi connectivity index (χ3v) is 2.78. The van der Waals surface area contributed by atoms with Gasteiger partial charge in [-0.3, -0.25) is 9.78 Å². The molecule has 3 nitrogen and oxygen atoms in total. The van der Waals surface area contributed by atoms with Crippen molar-refractivity contribution < 1.29 is 4.79 Å². The Hall–Kier alpha value is -2.60. The highest BCUT2D eigenvalue weighted by atomic mass is 16.1. The molecule has 0 saturated carbocycles. The summed E-state index contributed by atoms with van der Waals surface area (Å²) in [5.74, 6) is 5.42. The lowest BCUT2D eigenvalue weighted by atomic mass is 10.1. The van der Waals surface area contributed by atoms with Crippen LogP contribution in [0, 0.1) is 11.8 Å². The molecular formula is C17H16N2O. The minimum Gasteiger partial charge on any atom is -0.314 e. The largest absolute Gasteiger partial charge is 0.314 e. The number of anilines is 1. The maximum atomic E-state index is 11.8. The van der Waals surface area contributed by atoms with Crippen LogP contribution in [-0.2, 0) is 4.79 Å². The van der Waals surface area contributed by atoms with Crippen LogP contribution in [0.4, 0.5) is 5.69 Å². The number of rotatable bonds is 2. The fourth-order valence-corrected chi connectivity index (χ4v) is 1.65. The second-order valence-electron chi connectivity index (χ2n) is 4.73. The topological polar surface area (TPSA) is 42.0 Å². The van der Waals surface area contributed by atoms with Gasteiger partial charge in [-0.15, -0.1) is 0 Å². The Kier molecular flexibility index (Phi) is 4.52. The van der Waals surface area contributed by atoms with Gasteiger partial charge in [0.25, 0.3) is 0 Å². The van der Waals surface area contributed by atoms with Crippen LogP contribution in [-0.4, -0.2) is 10.9 Å². The molecule has 0 radical (unpaired) electrons. The van der Waals surface area contributed by atoms with Crippen molar-refractivity contribution in [2.24, 2.45) is 0 Å². The van der Waals surface area contributed by atoms with Crippen molar-refractivity contribution in [3.8, 4) is 11.8 Å². The second kappa shape index (κ2) is 6.53. The molecule has 0 unspecified atom stereocenters. The Labute approximate surface area is 119 Å². The monoisotopic (exact) mass is 264 g/mol. The van der Waals surface area contributed by atoms with Gasteiger partial charge in [0.2, 0.25) is 0 Å². The predicted molar refractivity (Wildman–Crippen MR) is 80.3 cm³/mol. The van der Waals surface area contributed by atoms with Crippen LogP contribution in [0.5, 0.6) is 0 Å². The number of hydrogen-bond acceptors (Lipinski definition) is 2. The van der Waals surface area contributed by atoms with E-state index in [9.17, 15) is 4.79 Å². The summed E-state index contributed by atoms with van der Waals surface area (Å²) < 4.78 is 0. The lowest BCUT2D eigenvalue weighted by Gasteiger charge is -2.06. The van der Waals surface area contributed by atoms with Crippen LogP contribution in [0.1, 0.15) is 30.9 Å². The van der Waals surface area contributed by atoms with Gasteiger partial charge in [-0.2, -0.15) is 0 Å². The first kappa shape index (κ1) is 13.8. The quantitative estimate of drug-likeness (QED) is 0.846. The zero-order valence-electron chi connectivity index (χ0n) is 11.6. The van der Waals surface area contributed by atoms with E-state index >= 15 is 0 Å². The van der Waals surface area contributed by atoms with Gasteiger partial charge < -0.3 is 5.32 Å². The highest BCUT2D eigenvalue weighted by Crippen LogP contribution is 2.16. The normalized spacial score (nSPS) is 9.75. The van der Waals surface area contributed by atoms with Gasteiger partial charge in [-0.25, -0.2) is 0 Å². The summed E-state index contributed by atoms with van der Waals surface area (Å²) in [6.07, 6.45) is 3.42. The van der Waals surface area contributed by atoms with Gasteiger partial charge in [0.1, 0.15) is 0 Å².